The lowest BCUT2D eigenvalue weighted by Gasteiger charge is -2.31. The topological polar surface area (TPSA) is 92.5 Å². The number of nitro benzene ring substituents is 1. The summed E-state index contributed by atoms with van der Waals surface area (Å²) in [5.74, 6) is -1.38. The number of nitrogens with one attached hydrogen (secondary N) is 1. The Morgan fingerprint density at radius 2 is 2.05 bits per heavy atom. The highest BCUT2D eigenvalue weighted by Crippen LogP contribution is 2.29. The summed E-state index contributed by atoms with van der Waals surface area (Å²) in [6.07, 6.45) is 2.05. The lowest BCUT2D eigenvalue weighted by molar-refractivity contribution is -0.385. The first-order chi connectivity index (χ1) is 10.4. The average Bonchev–Trinajstić information content (AvgIpc) is 2.51. The molecule has 2 N–H and O–H groups in total. The van der Waals surface area contributed by atoms with E-state index in [4.69, 9.17) is 5.11 Å². The molecule has 22 heavy (non-hydrogen) atoms. The maximum absolute atomic E-state index is 13.1. The Kier molecular flexibility index (Phi) is 6.42. The molecule has 0 atom stereocenters. The Morgan fingerprint density at radius 1 is 1.41 bits per heavy atom. The summed E-state index contributed by atoms with van der Waals surface area (Å²) in [7, 11) is 0. The van der Waals surface area contributed by atoms with Crippen LogP contribution in [0.15, 0.2) is 18.2 Å². The summed E-state index contributed by atoms with van der Waals surface area (Å²) in [6, 6.07) is 2.85. The Labute approximate surface area is 128 Å². The van der Waals surface area contributed by atoms with Gasteiger partial charge in [-0.3, -0.25) is 14.9 Å². The van der Waals surface area contributed by atoms with E-state index in [1.54, 1.807) is 0 Å². The molecule has 0 spiro atoms. The van der Waals surface area contributed by atoms with Crippen molar-refractivity contribution in [1.82, 2.24) is 5.32 Å². The van der Waals surface area contributed by atoms with Crippen LogP contribution in [0.2, 0.25) is 0 Å². The molecule has 6 nitrogen and oxygen atoms in total. The van der Waals surface area contributed by atoms with Crippen LogP contribution in [0, 0.1) is 21.3 Å². The summed E-state index contributed by atoms with van der Waals surface area (Å²) in [4.78, 5) is 22.3. The molecule has 0 heterocycles. The highest BCUT2D eigenvalue weighted by atomic mass is 19.1. The Balaban J connectivity index is 2.92. The fraction of sp³-hybridized carbons (Fsp3) is 0.533. The molecule has 0 unspecified atom stereocenters. The van der Waals surface area contributed by atoms with Crippen LogP contribution in [-0.2, 0) is 0 Å². The number of rotatable bonds is 8. The standard InChI is InChI=1S/C15H21FN2O4/c1-3-15(4-2,7-8-19)10-17-14(20)12-6-5-11(16)9-13(12)18(21)22/h5-6,9,19H,3-4,7-8,10H2,1-2H3,(H,17,20). The fourth-order valence-electron chi connectivity index (χ4n) is 2.39. The monoisotopic (exact) mass is 312 g/mol. The van der Waals surface area contributed by atoms with Crippen LogP contribution in [-0.4, -0.2) is 29.1 Å². The second kappa shape index (κ2) is 7.84. The van der Waals surface area contributed by atoms with Gasteiger partial charge in [0.2, 0.25) is 0 Å². The van der Waals surface area contributed by atoms with Crippen molar-refractivity contribution in [2.45, 2.75) is 33.1 Å². The molecule has 0 aromatic heterocycles. The van der Waals surface area contributed by atoms with Crippen LogP contribution in [0.25, 0.3) is 0 Å². The number of hydrogen-bond donors (Lipinski definition) is 2. The smallest absolute Gasteiger partial charge is 0.285 e. The molecule has 0 aliphatic heterocycles. The number of halogens is 1. The van der Waals surface area contributed by atoms with Crippen molar-refractivity contribution in [2.24, 2.45) is 5.41 Å². The number of amides is 1. The number of aliphatic hydroxyl groups is 1. The molecule has 1 aromatic carbocycles. The lowest BCUT2D eigenvalue weighted by Crippen LogP contribution is -2.37. The number of nitro groups is 1. The largest absolute Gasteiger partial charge is 0.396 e. The molecule has 0 radical (unpaired) electrons. The molecule has 1 aromatic rings. The summed E-state index contributed by atoms with van der Waals surface area (Å²) in [5.41, 5.74) is -0.978. The van der Waals surface area contributed by atoms with Gasteiger partial charge in [-0.2, -0.15) is 0 Å². The van der Waals surface area contributed by atoms with Gasteiger partial charge < -0.3 is 10.4 Å². The molecule has 0 aliphatic carbocycles. The summed E-state index contributed by atoms with van der Waals surface area (Å²) in [6.45, 7) is 4.24. The van der Waals surface area contributed by atoms with Crippen molar-refractivity contribution >= 4 is 11.6 Å². The van der Waals surface area contributed by atoms with Gasteiger partial charge in [0.05, 0.1) is 11.0 Å². The fourth-order valence-corrected chi connectivity index (χ4v) is 2.39. The SMILES string of the molecule is CCC(CC)(CCO)CNC(=O)c1ccc(F)cc1[N+](=O)[O-]. The van der Waals surface area contributed by atoms with Gasteiger partial charge in [-0.05, 0) is 36.8 Å². The molecular formula is C15H21FN2O4. The van der Waals surface area contributed by atoms with Gasteiger partial charge in [0.15, 0.2) is 0 Å². The van der Waals surface area contributed by atoms with Crippen molar-refractivity contribution in [3.8, 4) is 0 Å². The van der Waals surface area contributed by atoms with E-state index in [-0.39, 0.29) is 17.6 Å². The zero-order chi connectivity index (χ0) is 16.8. The number of hydrogen-bond acceptors (Lipinski definition) is 4. The average molecular weight is 312 g/mol. The molecule has 7 heteroatoms. The Morgan fingerprint density at radius 3 is 2.55 bits per heavy atom. The zero-order valence-corrected chi connectivity index (χ0v) is 12.8. The number of nitrogens with zero attached hydrogens (tertiary/aromatic N) is 1. The van der Waals surface area contributed by atoms with Gasteiger partial charge in [0.1, 0.15) is 11.4 Å². The van der Waals surface area contributed by atoms with E-state index in [0.717, 1.165) is 31.0 Å². The van der Waals surface area contributed by atoms with E-state index in [2.05, 4.69) is 5.32 Å². The first-order valence-electron chi connectivity index (χ1n) is 7.22. The number of benzene rings is 1. The molecule has 0 saturated carbocycles. The molecule has 0 aliphatic rings. The minimum atomic E-state index is -0.779. The molecular weight excluding hydrogens is 291 g/mol. The molecule has 0 bridgehead atoms. The van der Waals surface area contributed by atoms with E-state index < -0.39 is 22.3 Å². The first-order valence-corrected chi connectivity index (χ1v) is 7.22. The third-order valence-corrected chi connectivity index (χ3v) is 4.17. The predicted octanol–water partition coefficient (Wildman–Crippen LogP) is 2.65. The first kappa shape index (κ1) is 18.0. The van der Waals surface area contributed by atoms with Crippen LogP contribution < -0.4 is 5.32 Å². The maximum atomic E-state index is 13.1. The minimum absolute atomic E-state index is 0.00818. The van der Waals surface area contributed by atoms with Crippen molar-refractivity contribution in [2.75, 3.05) is 13.2 Å². The van der Waals surface area contributed by atoms with E-state index in [0.29, 0.717) is 13.0 Å². The number of aliphatic hydroxyl groups excluding tert-OH is 1. The van der Waals surface area contributed by atoms with E-state index >= 15 is 0 Å². The molecule has 1 rings (SSSR count). The van der Waals surface area contributed by atoms with Gasteiger partial charge in [-0.1, -0.05) is 13.8 Å². The van der Waals surface area contributed by atoms with Crippen LogP contribution in [0.4, 0.5) is 10.1 Å². The molecule has 1 amide bonds. The van der Waals surface area contributed by atoms with Gasteiger partial charge in [-0.15, -0.1) is 0 Å². The van der Waals surface area contributed by atoms with Crippen molar-refractivity contribution < 1.29 is 19.2 Å². The minimum Gasteiger partial charge on any atom is -0.396 e. The van der Waals surface area contributed by atoms with E-state index in [1.807, 2.05) is 13.8 Å². The van der Waals surface area contributed by atoms with Gasteiger partial charge in [-0.25, -0.2) is 4.39 Å². The second-order valence-corrected chi connectivity index (χ2v) is 5.28. The Bertz CT molecular complexity index is 544. The normalized spacial score (nSPS) is 11.3. The van der Waals surface area contributed by atoms with Gasteiger partial charge in [0, 0.05) is 13.2 Å². The zero-order valence-electron chi connectivity index (χ0n) is 12.8. The molecule has 0 fully saturated rings. The summed E-state index contributed by atoms with van der Waals surface area (Å²) < 4.78 is 13.1. The maximum Gasteiger partial charge on any atom is 0.285 e. The summed E-state index contributed by atoms with van der Waals surface area (Å²) in [5, 5.41) is 22.7. The number of carbonyl (C=O) groups is 1. The lowest BCUT2D eigenvalue weighted by atomic mass is 9.79. The highest BCUT2D eigenvalue weighted by molar-refractivity contribution is 5.98. The third kappa shape index (κ3) is 4.24. The van der Waals surface area contributed by atoms with Crippen LogP contribution in [0.1, 0.15) is 43.5 Å². The van der Waals surface area contributed by atoms with Crippen LogP contribution in [0.5, 0.6) is 0 Å². The highest BCUT2D eigenvalue weighted by Gasteiger charge is 2.28. The van der Waals surface area contributed by atoms with E-state index in [1.165, 1.54) is 0 Å². The Hall–Kier alpha value is -2.02. The summed E-state index contributed by atoms with van der Waals surface area (Å²) >= 11 is 0. The van der Waals surface area contributed by atoms with Crippen molar-refractivity contribution in [3.63, 3.8) is 0 Å². The van der Waals surface area contributed by atoms with Crippen molar-refractivity contribution in [3.05, 3.63) is 39.7 Å². The van der Waals surface area contributed by atoms with Crippen LogP contribution in [0.3, 0.4) is 0 Å². The quantitative estimate of drug-likeness (QED) is 0.570. The second-order valence-electron chi connectivity index (χ2n) is 5.28. The van der Waals surface area contributed by atoms with Gasteiger partial charge >= 0.3 is 0 Å². The van der Waals surface area contributed by atoms with Crippen LogP contribution >= 0.6 is 0 Å². The van der Waals surface area contributed by atoms with E-state index in [9.17, 15) is 19.3 Å². The van der Waals surface area contributed by atoms with Crippen molar-refractivity contribution in [1.29, 1.82) is 0 Å². The van der Waals surface area contributed by atoms with Gasteiger partial charge in [0.25, 0.3) is 11.6 Å². The number of carbonyl (C=O) groups excluding carboxylic acids is 1. The third-order valence-electron chi connectivity index (χ3n) is 4.17. The molecule has 122 valence electrons. The predicted molar refractivity (Wildman–Crippen MR) is 80.1 cm³/mol. The molecule has 0 saturated heterocycles.